The zero-order chi connectivity index (χ0) is 13.7. The van der Waals surface area contributed by atoms with Gasteiger partial charge in [0.05, 0.1) is 0 Å². The number of hydrogen-bond acceptors (Lipinski definition) is 3. The molecule has 0 bridgehead atoms. The van der Waals surface area contributed by atoms with Crippen LogP contribution in [0.15, 0.2) is 12.1 Å². The molecule has 1 aromatic heterocycles. The Hall–Kier alpha value is -0.870. The van der Waals surface area contributed by atoms with Crippen LogP contribution in [0, 0.1) is 11.8 Å². The number of hydrogen-bond donors (Lipinski definition) is 2. The summed E-state index contributed by atoms with van der Waals surface area (Å²) in [5.74, 6) is 0.933. The smallest absolute Gasteiger partial charge is 0.345 e. The summed E-state index contributed by atoms with van der Waals surface area (Å²) >= 11 is 1.37. The third kappa shape index (κ3) is 4.32. The summed E-state index contributed by atoms with van der Waals surface area (Å²) in [6.07, 6.45) is 6.77. The van der Waals surface area contributed by atoms with Crippen LogP contribution in [-0.4, -0.2) is 17.6 Å². The SMILES string of the molecule is CCC1CCC(CNCc2ccc(C(=O)O)s2)CC1. The van der Waals surface area contributed by atoms with E-state index >= 15 is 0 Å². The number of carbonyl (C=O) groups is 1. The first-order valence-electron chi connectivity index (χ1n) is 7.21. The molecule has 0 aromatic carbocycles. The van der Waals surface area contributed by atoms with Crippen LogP contribution < -0.4 is 5.32 Å². The van der Waals surface area contributed by atoms with E-state index in [4.69, 9.17) is 5.11 Å². The quantitative estimate of drug-likeness (QED) is 0.835. The van der Waals surface area contributed by atoms with E-state index in [0.29, 0.717) is 4.88 Å². The van der Waals surface area contributed by atoms with Gasteiger partial charge in [-0.25, -0.2) is 4.79 Å². The summed E-state index contributed by atoms with van der Waals surface area (Å²) in [6, 6.07) is 3.60. The molecule has 1 fully saturated rings. The predicted molar refractivity (Wildman–Crippen MR) is 78.7 cm³/mol. The fourth-order valence-corrected chi connectivity index (χ4v) is 3.65. The molecule has 0 spiro atoms. The third-order valence-corrected chi connectivity index (χ3v) is 5.22. The molecule has 0 unspecified atom stereocenters. The molecule has 4 heteroatoms. The van der Waals surface area contributed by atoms with E-state index in [0.717, 1.165) is 29.8 Å². The van der Waals surface area contributed by atoms with Gasteiger partial charge in [0.1, 0.15) is 4.88 Å². The van der Waals surface area contributed by atoms with Gasteiger partial charge in [-0.3, -0.25) is 0 Å². The molecular formula is C15H23NO2S. The van der Waals surface area contributed by atoms with E-state index in [-0.39, 0.29) is 0 Å². The average Bonchev–Trinajstić information content (AvgIpc) is 2.89. The van der Waals surface area contributed by atoms with Crippen molar-refractivity contribution in [1.82, 2.24) is 5.32 Å². The van der Waals surface area contributed by atoms with E-state index in [9.17, 15) is 4.79 Å². The van der Waals surface area contributed by atoms with Crippen LogP contribution in [-0.2, 0) is 6.54 Å². The molecule has 1 aromatic rings. The molecule has 3 nitrogen and oxygen atoms in total. The van der Waals surface area contributed by atoms with Gasteiger partial charge in [0, 0.05) is 11.4 Å². The third-order valence-electron chi connectivity index (χ3n) is 4.15. The Bertz CT molecular complexity index is 408. The molecule has 1 saturated carbocycles. The Morgan fingerprint density at radius 1 is 1.32 bits per heavy atom. The van der Waals surface area contributed by atoms with Crippen LogP contribution in [0.5, 0.6) is 0 Å². The van der Waals surface area contributed by atoms with Gasteiger partial charge < -0.3 is 10.4 Å². The molecule has 0 saturated heterocycles. The summed E-state index contributed by atoms with van der Waals surface area (Å²) in [5.41, 5.74) is 0. The monoisotopic (exact) mass is 281 g/mol. The zero-order valence-electron chi connectivity index (χ0n) is 11.5. The predicted octanol–water partition coefficient (Wildman–Crippen LogP) is 3.75. The molecule has 0 amide bonds. The first kappa shape index (κ1) is 14.5. The number of rotatable bonds is 6. The first-order chi connectivity index (χ1) is 9.19. The van der Waals surface area contributed by atoms with E-state index in [1.54, 1.807) is 6.07 Å². The van der Waals surface area contributed by atoms with Crippen molar-refractivity contribution in [1.29, 1.82) is 0 Å². The van der Waals surface area contributed by atoms with Crippen molar-refractivity contribution in [2.45, 2.75) is 45.6 Å². The minimum atomic E-state index is -0.825. The summed E-state index contributed by atoms with van der Waals surface area (Å²) in [4.78, 5) is 12.3. The van der Waals surface area contributed by atoms with Crippen LogP contribution in [0.1, 0.15) is 53.6 Å². The van der Waals surface area contributed by atoms with Crippen molar-refractivity contribution >= 4 is 17.3 Å². The lowest BCUT2D eigenvalue weighted by Crippen LogP contribution is -2.25. The van der Waals surface area contributed by atoms with Gasteiger partial charge in [-0.15, -0.1) is 11.3 Å². The highest BCUT2D eigenvalue weighted by Crippen LogP contribution is 2.30. The second-order valence-electron chi connectivity index (χ2n) is 5.50. The molecule has 0 radical (unpaired) electrons. The van der Waals surface area contributed by atoms with Crippen molar-refractivity contribution in [3.05, 3.63) is 21.9 Å². The molecule has 19 heavy (non-hydrogen) atoms. The van der Waals surface area contributed by atoms with E-state index < -0.39 is 5.97 Å². The second kappa shape index (κ2) is 7.06. The van der Waals surface area contributed by atoms with Crippen LogP contribution in [0.2, 0.25) is 0 Å². The highest BCUT2D eigenvalue weighted by atomic mass is 32.1. The van der Waals surface area contributed by atoms with Crippen molar-refractivity contribution in [3.63, 3.8) is 0 Å². The molecule has 1 heterocycles. The van der Waals surface area contributed by atoms with Gasteiger partial charge in [-0.1, -0.05) is 26.2 Å². The van der Waals surface area contributed by atoms with Crippen molar-refractivity contribution in [2.75, 3.05) is 6.54 Å². The topological polar surface area (TPSA) is 49.3 Å². The fourth-order valence-electron chi connectivity index (χ4n) is 2.83. The first-order valence-corrected chi connectivity index (χ1v) is 8.03. The fraction of sp³-hybridized carbons (Fsp3) is 0.667. The molecule has 1 aliphatic rings. The molecule has 2 rings (SSSR count). The molecule has 1 aliphatic carbocycles. The van der Waals surface area contributed by atoms with Gasteiger partial charge in [0.15, 0.2) is 0 Å². The Balaban J connectivity index is 1.67. The minimum Gasteiger partial charge on any atom is -0.477 e. The van der Waals surface area contributed by atoms with Gasteiger partial charge in [-0.2, -0.15) is 0 Å². The van der Waals surface area contributed by atoms with E-state index in [1.165, 1.54) is 43.4 Å². The van der Waals surface area contributed by atoms with E-state index in [2.05, 4.69) is 12.2 Å². The average molecular weight is 281 g/mol. The number of carboxylic acid groups (broad SMARTS) is 1. The lowest BCUT2D eigenvalue weighted by Gasteiger charge is -2.27. The highest BCUT2D eigenvalue weighted by Gasteiger charge is 2.19. The zero-order valence-corrected chi connectivity index (χ0v) is 12.3. The van der Waals surface area contributed by atoms with E-state index in [1.807, 2.05) is 6.07 Å². The maximum atomic E-state index is 10.8. The van der Waals surface area contributed by atoms with Crippen molar-refractivity contribution in [2.24, 2.45) is 11.8 Å². The lowest BCUT2D eigenvalue weighted by atomic mass is 9.81. The summed E-state index contributed by atoms with van der Waals surface area (Å²) < 4.78 is 0. The summed E-state index contributed by atoms with van der Waals surface area (Å²) in [6.45, 7) is 4.16. The Kier molecular flexibility index (Phi) is 5.40. The van der Waals surface area contributed by atoms with Crippen molar-refractivity contribution in [3.8, 4) is 0 Å². The number of thiophene rings is 1. The molecule has 106 valence electrons. The standard InChI is InChI=1S/C15H23NO2S/c1-2-11-3-5-12(6-4-11)9-16-10-13-7-8-14(19-13)15(17)18/h7-8,11-12,16H,2-6,9-10H2,1H3,(H,17,18). The molecule has 2 N–H and O–H groups in total. The second-order valence-corrected chi connectivity index (χ2v) is 6.67. The summed E-state index contributed by atoms with van der Waals surface area (Å²) in [5, 5.41) is 12.3. The van der Waals surface area contributed by atoms with Gasteiger partial charge in [0.25, 0.3) is 0 Å². The normalized spacial score (nSPS) is 23.4. The highest BCUT2D eigenvalue weighted by molar-refractivity contribution is 7.13. The van der Waals surface area contributed by atoms with Crippen LogP contribution in [0.4, 0.5) is 0 Å². The van der Waals surface area contributed by atoms with Gasteiger partial charge >= 0.3 is 5.97 Å². The maximum absolute atomic E-state index is 10.8. The Labute approximate surface area is 119 Å². The van der Waals surface area contributed by atoms with Crippen LogP contribution in [0.25, 0.3) is 0 Å². The van der Waals surface area contributed by atoms with Crippen molar-refractivity contribution < 1.29 is 9.90 Å². The number of carboxylic acids is 1. The Morgan fingerprint density at radius 2 is 2.00 bits per heavy atom. The van der Waals surface area contributed by atoms with Crippen LogP contribution >= 0.6 is 11.3 Å². The summed E-state index contributed by atoms with van der Waals surface area (Å²) in [7, 11) is 0. The minimum absolute atomic E-state index is 0.431. The van der Waals surface area contributed by atoms with Gasteiger partial charge in [0.2, 0.25) is 0 Å². The molecule has 0 aliphatic heterocycles. The molecular weight excluding hydrogens is 258 g/mol. The van der Waals surface area contributed by atoms with Crippen LogP contribution in [0.3, 0.4) is 0 Å². The van der Waals surface area contributed by atoms with Gasteiger partial charge in [-0.05, 0) is 43.4 Å². The lowest BCUT2D eigenvalue weighted by molar-refractivity contribution is 0.0702. The largest absolute Gasteiger partial charge is 0.477 e. The Morgan fingerprint density at radius 3 is 2.58 bits per heavy atom. The number of aromatic carboxylic acids is 1. The molecule has 0 atom stereocenters. The maximum Gasteiger partial charge on any atom is 0.345 e. The number of nitrogens with one attached hydrogen (secondary N) is 1.